The van der Waals surface area contributed by atoms with Crippen LogP contribution in [0.2, 0.25) is 0 Å². The Balaban J connectivity index is 2.03. The number of furan rings is 1. The van der Waals surface area contributed by atoms with E-state index in [-0.39, 0.29) is 18.2 Å². The Kier molecular flexibility index (Phi) is 5.63. The Bertz CT molecular complexity index is 660. The van der Waals surface area contributed by atoms with E-state index >= 15 is 0 Å². The van der Waals surface area contributed by atoms with Gasteiger partial charge in [-0.25, -0.2) is 4.79 Å². The van der Waals surface area contributed by atoms with Crippen molar-refractivity contribution in [2.45, 2.75) is 32.4 Å². The van der Waals surface area contributed by atoms with Gasteiger partial charge >= 0.3 is 6.09 Å². The molecule has 0 saturated carbocycles. The average Bonchev–Trinajstić information content (AvgIpc) is 3.04. The third-order valence-electron chi connectivity index (χ3n) is 3.10. The molecule has 1 heterocycles. The van der Waals surface area contributed by atoms with E-state index in [0.717, 1.165) is 5.56 Å². The monoisotopic (exact) mass is 330 g/mol. The Morgan fingerprint density at radius 1 is 1.12 bits per heavy atom. The number of benzene rings is 1. The van der Waals surface area contributed by atoms with Crippen molar-refractivity contribution in [2.75, 3.05) is 6.54 Å². The molecule has 6 heteroatoms. The molecule has 0 fully saturated rings. The Hall–Kier alpha value is -2.76. The minimum absolute atomic E-state index is 0.211. The van der Waals surface area contributed by atoms with Gasteiger partial charge in [0.05, 0.1) is 12.3 Å². The fourth-order valence-corrected chi connectivity index (χ4v) is 2.08. The molecule has 0 aliphatic carbocycles. The molecule has 1 aromatic carbocycles. The Morgan fingerprint density at radius 3 is 2.42 bits per heavy atom. The van der Waals surface area contributed by atoms with Crippen molar-refractivity contribution >= 4 is 12.0 Å². The summed E-state index contributed by atoms with van der Waals surface area (Å²) in [6.45, 7) is 5.59. The quantitative estimate of drug-likeness (QED) is 0.881. The summed E-state index contributed by atoms with van der Waals surface area (Å²) in [6, 6.07) is 12.2. The lowest BCUT2D eigenvalue weighted by Crippen LogP contribution is -2.40. The van der Waals surface area contributed by atoms with E-state index in [1.165, 1.54) is 6.26 Å². The zero-order valence-corrected chi connectivity index (χ0v) is 14.0. The molecule has 2 N–H and O–H groups in total. The molecule has 2 amide bonds. The number of ether oxygens (including phenoxy) is 1. The number of carbonyl (C=O) groups excluding carboxylic acids is 2. The first kappa shape index (κ1) is 17.6. The van der Waals surface area contributed by atoms with Gasteiger partial charge in [-0.3, -0.25) is 4.79 Å². The van der Waals surface area contributed by atoms with Crippen molar-refractivity contribution in [2.24, 2.45) is 0 Å². The van der Waals surface area contributed by atoms with Gasteiger partial charge in [0.2, 0.25) is 0 Å². The maximum atomic E-state index is 12.1. The maximum Gasteiger partial charge on any atom is 0.408 e. The van der Waals surface area contributed by atoms with Crippen LogP contribution in [0.5, 0.6) is 0 Å². The number of hydrogen-bond donors (Lipinski definition) is 2. The van der Waals surface area contributed by atoms with Crippen molar-refractivity contribution in [1.29, 1.82) is 0 Å². The van der Waals surface area contributed by atoms with Crippen LogP contribution in [0.3, 0.4) is 0 Å². The van der Waals surface area contributed by atoms with E-state index in [1.54, 1.807) is 32.9 Å². The highest BCUT2D eigenvalue weighted by atomic mass is 16.6. The van der Waals surface area contributed by atoms with Gasteiger partial charge in [0.1, 0.15) is 5.60 Å². The van der Waals surface area contributed by atoms with Crippen LogP contribution in [0.15, 0.2) is 53.1 Å². The van der Waals surface area contributed by atoms with Crippen LogP contribution in [0.1, 0.15) is 42.9 Å². The van der Waals surface area contributed by atoms with Crippen molar-refractivity contribution < 1.29 is 18.7 Å². The van der Waals surface area contributed by atoms with Crippen LogP contribution in [-0.2, 0) is 4.74 Å². The third-order valence-corrected chi connectivity index (χ3v) is 3.10. The normalized spacial score (nSPS) is 12.3. The first-order valence-electron chi connectivity index (χ1n) is 7.71. The molecule has 1 atom stereocenters. The molecule has 2 rings (SSSR count). The predicted octanol–water partition coefficient (Wildman–Crippen LogP) is 3.28. The summed E-state index contributed by atoms with van der Waals surface area (Å²) >= 11 is 0. The molecule has 0 aliphatic rings. The topological polar surface area (TPSA) is 80.6 Å². The van der Waals surface area contributed by atoms with E-state index in [0.29, 0.717) is 0 Å². The molecule has 6 nitrogen and oxygen atoms in total. The van der Waals surface area contributed by atoms with Crippen molar-refractivity contribution in [3.05, 3.63) is 60.1 Å². The van der Waals surface area contributed by atoms with Gasteiger partial charge in [0.25, 0.3) is 5.91 Å². The molecule has 0 unspecified atom stereocenters. The number of nitrogens with one attached hydrogen (secondary N) is 2. The zero-order chi connectivity index (χ0) is 17.6. The largest absolute Gasteiger partial charge is 0.459 e. The molecule has 0 radical (unpaired) electrons. The van der Waals surface area contributed by atoms with Crippen LogP contribution in [0.25, 0.3) is 0 Å². The van der Waals surface area contributed by atoms with E-state index in [2.05, 4.69) is 10.6 Å². The first-order valence-corrected chi connectivity index (χ1v) is 7.71. The predicted molar refractivity (Wildman–Crippen MR) is 89.6 cm³/mol. The highest BCUT2D eigenvalue weighted by Gasteiger charge is 2.21. The summed E-state index contributed by atoms with van der Waals surface area (Å²) < 4.78 is 10.3. The van der Waals surface area contributed by atoms with E-state index in [1.807, 2.05) is 30.3 Å². The molecule has 0 saturated heterocycles. The minimum atomic E-state index is -0.595. The van der Waals surface area contributed by atoms with Crippen LogP contribution in [0.4, 0.5) is 4.79 Å². The van der Waals surface area contributed by atoms with Gasteiger partial charge in [-0.05, 0) is 38.5 Å². The Morgan fingerprint density at radius 2 is 1.83 bits per heavy atom. The minimum Gasteiger partial charge on any atom is -0.459 e. The highest BCUT2D eigenvalue weighted by molar-refractivity contribution is 5.91. The van der Waals surface area contributed by atoms with Crippen molar-refractivity contribution in [3.63, 3.8) is 0 Å². The molecule has 0 spiro atoms. The summed E-state index contributed by atoms with van der Waals surface area (Å²) in [5.41, 5.74) is 0.269. The molecule has 0 bridgehead atoms. The standard InChI is InChI=1S/C18H22N2O4/c1-18(2,3)24-17(22)20-14(13-8-5-4-6-9-13)12-19-16(21)15-10-7-11-23-15/h4-11,14H,12H2,1-3H3,(H,19,21)(H,20,22)/t14-/m0/s1. The van der Waals surface area contributed by atoms with Gasteiger partial charge in [0.15, 0.2) is 5.76 Å². The summed E-state index contributed by atoms with van der Waals surface area (Å²) in [4.78, 5) is 24.1. The van der Waals surface area contributed by atoms with Crippen LogP contribution in [0, 0.1) is 0 Å². The SMILES string of the molecule is CC(C)(C)OC(=O)N[C@@H](CNC(=O)c1ccco1)c1ccccc1. The number of rotatable bonds is 5. The van der Waals surface area contributed by atoms with E-state index in [9.17, 15) is 9.59 Å². The van der Waals surface area contributed by atoms with Gasteiger partial charge in [-0.1, -0.05) is 30.3 Å². The second kappa shape index (κ2) is 7.68. The van der Waals surface area contributed by atoms with Gasteiger partial charge in [-0.2, -0.15) is 0 Å². The van der Waals surface area contributed by atoms with Crippen molar-refractivity contribution in [3.8, 4) is 0 Å². The first-order chi connectivity index (χ1) is 11.3. The third kappa shape index (κ3) is 5.46. The van der Waals surface area contributed by atoms with Gasteiger partial charge in [0, 0.05) is 6.54 Å². The van der Waals surface area contributed by atoms with E-state index < -0.39 is 17.7 Å². The summed E-state index contributed by atoms with van der Waals surface area (Å²) in [5, 5.41) is 5.53. The van der Waals surface area contributed by atoms with Crippen LogP contribution < -0.4 is 10.6 Å². The zero-order valence-electron chi connectivity index (χ0n) is 14.0. The van der Waals surface area contributed by atoms with E-state index in [4.69, 9.17) is 9.15 Å². The number of alkyl carbamates (subject to hydrolysis) is 1. The Labute approximate surface area is 141 Å². The molecule has 0 aliphatic heterocycles. The highest BCUT2D eigenvalue weighted by Crippen LogP contribution is 2.14. The fraction of sp³-hybridized carbons (Fsp3) is 0.333. The van der Waals surface area contributed by atoms with Crippen molar-refractivity contribution in [1.82, 2.24) is 10.6 Å². The van der Waals surface area contributed by atoms with Crippen LogP contribution >= 0.6 is 0 Å². The number of amides is 2. The summed E-state index contributed by atoms with van der Waals surface area (Å²) in [7, 11) is 0. The molecule has 1 aromatic heterocycles. The number of carbonyl (C=O) groups is 2. The molecule has 24 heavy (non-hydrogen) atoms. The molecule has 2 aromatic rings. The van der Waals surface area contributed by atoms with Gasteiger partial charge in [-0.15, -0.1) is 0 Å². The average molecular weight is 330 g/mol. The number of hydrogen-bond acceptors (Lipinski definition) is 4. The fourth-order valence-electron chi connectivity index (χ4n) is 2.08. The summed E-state index contributed by atoms with van der Waals surface area (Å²) in [5.74, 6) is -0.119. The molecular weight excluding hydrogens is 308 g/mol. The lowest BCUT2D eigenvalue weighted by Gasteiger charge is -2.24. The second-order valence-corrected chi connectivity index (χ2v) is 6.30. The van der Waals surface area contributed by atoms with Crippen LogP contribution in [-0.4, -0.2) is 24.1 Å². The molecule has 128 valence electrons. The van der Waals surface area contributed by atoms with Gasteiger partial charge < -0.3 is 19.8 Å². The maximum absolute atomic E-state index is 12.1. The molecular formula is C18H22N2O4. The lowest BCUT2D eigenvalue weighted by molar-refractivity contribution is 0.0500. The summed E-state index contributed by atoms with van der Waals surface area (Å²) in [6.07, 6.45) is 0.895. The second-order valence-electron chi connectivity index (χ2n) is 6.30. The lowest BCUT2D eigenvalue weighted by atomic mass is 10.1. The smallest absolute Gasteiger partial charge is 0.408 e.